The molecular formula is C17H22N4O3. The molecule has 1 atom stereocenters. The van der Waals surface area contributed by atoms with Crippen molar-refractivity contribution in [2.45, 2.75) is 52.5 Å². The zero-order valence-corrected chi connectivity index (χ0v) is 14.3. The minimum atomic E-state index is -0.237. The summed E-state index contributed by atoms with van der Waals surface area (Å²) in [6.45, 7) is 6.01. The Labute approximate surface area is 140 Å². The van der Waals surface area contributed by atoms with E-state index < -0.39 is 0 Å². The fraction of sp³-hybridized carbons (Fsp3) is 0.529. The van der Waals surface area contributed by atoms with Gasteiger partial charge in [0, 0.05) is 23.9 Å². The first-order chi connectivity index (χ1) is 11.5. The van der Waals surface area contributed by atoms with Crippen LogP contribution in [0.2, 0.25) is 0 Å². The standard InChI is InChI=1S/C17H22N4O3/c1-10-8-14(20-24-10)15-6-4-5-7-21(15)16(22)9-13-11(2)18-12(3)19-17(13)23/h8,15H,4-7,9H2,1-3H3,(H,18,19,23)/t15-/m1/s1. The maximum absolute atomic E-state index is 12.8. The van der Waals surface area contributed by atoms with Gasteiger partial charge >= 0.3 is 0 Å². The maximum Gasteiger partial charge on any atom is 0.254 e. The molecule has 24 heavy (non-hydrogen) atoms. The van der Waals surface area contributed by atoms with E-state index in [1.807, 2.05) is 17.9 Å². The molecule has 1 saturated heterocycles. The molecule has 3 rings (SSSR count). The van der Waals surface area contributed by atoms with Crippen molar-refractivity contribution in [2.75, 3.05) is 6.54 Å². The van der Waals surface area contributed by atoms with Gasteiger partial charge in [0.2, 0.25) is 5.91 Å². The molecule has 2 aromatic rings. The van der Waals surface area contributed by atoms with Crippen molar-refractivity contribution in [2.24, 2.45) is 0 Å². The van der Waals surface area contributed by atoms with E-state index in [2.05, 4.69) is 15.1 Å². The molecule has 2 aromatic heterocycles. The quantitative estimate of drug-likeness (QED) is 0.929. The molecule has 0 saturated carbocycles. The molecule has 1 aliphatic heterocycles. The normalized spacial score (nSPS) is 18.0. The van der Waals surface area contributed by atoms with Crippen LogP contribution in [0.1, 0.15) is 53.8 Å². The van der Waals surface area contributed by atoms with Crippen molar-refractivity contribution in [1.82, 2.24) is 20.0 Å². The van der Waals surface area contributed by atoms with Gasteiger partial charge in [0.05, 0.1) is 12.5 Å². The van der Waals surface area contributed by atoms with E-state index in [1.165, 1.54) is 0 Å². The molecule has 1 N–H and O–H groups in total. The van der Waals surface area contributed by atoms with Gasteiger partial charge in [-0.2, -0.15) is 0 Å². The summed E-state index contributed by atoms with van der Waals surface area (Å²) >= 11 is 0. The summed E-state index contributed by atoms with van der Waals surface area (Å²) < 4.78 is 5.16. The number of carbonyl (C=O) groups is 1. The second-order valence-electron chi connectivity index (χ2n) is 6.35. The molecule has 7 heteroatoms. The van der Waals surface area contributed by atoms with Crippen LogP contribution in [-0.2, 0) is 11.2 Å². The van der Waals surface area contributed by atoms with Gasteiger partial charge < -0.3 is 14.4 Å². The van der Waals surface area contributed by atoms with Crippen LogP contribution in [0, 0.1) is 20.8 Å². The number of carbonyl (C=O) groups excluding carboxylic acids is 1. The van der Waals surface area contributed by atoms with E-state index in [-0.39, 0.29) is 23.9 Å². The highest BCUT2D eigenvalue weighted by Crippen LogP contribution is 2.31. The second kappa shape index (κ2) is 6.59. The smallest absolute Gasteiger partial charge is 0.254 e. The number of amides is 1. The number of likely N-dealkylation sites (tertiary alicyclic amines) is 1. The van der Waals surface area contributed by atoms with Gasteiger partial charge in [-0.1, -0.05) is 5.16 Å². The average Bonchev–Trinajstić information content (AvgIpc) is 2.97. The Bertz CT molecular complexity index is 808. The Balaban J connectivity index is 1.84. The van der Waals surface area contributed by atoms with Crippen LogP contribution in [0.5, 0.6) is 0 Å². The molecule has 7 nitrogen and oxygen atoms in total. The lowest BCUT2D eigenvalue weighted by molar-refractivity contribution is -0.134. The Morgan fingerprint density at radius 2 is 2.17 bits per heavy atom. The number of rotatable bonds is 3. The van der Waals surface area contributed by atoms with Crippen molar-refractivity contribution >= 4 is 5.91 Å². The minimum absolute atomic E-state index is 0.0573. The van der Waals surface area contributed by atoms with Crippen LogP contribution < -0.4 is 5.56 Å². The number of nitrogens with zero attached hydrogens (tertiary/aromatic N) is 3. The average molecular weight is 330 g/mol. The first kappa shape index (κ1) is 16.4. The van der Waals surface area contributed by atoms with E-state index >= 15 is 0 Å². The molecule has 1 aliphatic rings. The second-order valence-corrected chi connectivity index (χ2v) is 6.35. The van der Waals surface area contributed by atoms with Crippen molar-refractivity contribution < 1.29 is 9.32 Å². The predicted molar refractivity (Wildman–Crippen MR) is 87.6 cm³/mol. The lowest BCUT2D eigenvalue weighted by Gasteiger charge is -2.34. The first-order valence-electron chi connectivity index (χ1n) is 8.25. The highest BCUT2D eigenvalue weighted by atomic mass is 16.5. The number of aromatic amines is 1. The topological polar surface area (TPSA) is 92.1 Å². The number of nitrogens with one attached hydrogen (secondary N) is 1. The summed E-state index contributed by atoms with van der Waals surface area (Å²) in [7, 11) is 0. The fourth-order valence-electron chi connectivity index (χ4n) is 3.29. The number of piperidine rings is 1. The minimum Gasteiger partial charge on any atom is -0.361 e. The summed E-state index contributed by atoms with van der Waals surface area (Å²) in [5, 5.41) is 4.08. The van der Waals surface area contributed by atoms with Gasteiger partial charge in [-0.3, -0.25) is 9.59 Å². The van der Waals surface area contributed by atoms with Crippen LogP contribution in [0.25, 0.3) is 0 Å². The number of hydrogen-bond acceptors (Lipinski definition) is 5. The molecule has 0 spiro atoms. The zero-order valence-electron chi connectivity index (χ0n) is 14.3. The third-order valence-electron chi connectivity index (χ3n) is 4.48. The summed E-state index contributed by atoms with van der Waals surface area (Å²) in [4.78, 5) is 33.7. The van der Waals surface area contributed by atoms with Crippen LogP contribution in [0.15, 0.2) is 15.4 Å². The van der Waals surface area contributed by atoms with Crippen LogP contribution in [0.3, 0.4) is 0 Å². The van der Waals surface area contributed by atoms with Crippen LogP contribution in [-0.4, -0.2) is 32.5 Å². The molecule has 128 valence electrons. The van der Waals surface area contributed by atoms with Gasteiger partial charge in [-0.25, -0.2) is 4.98 Å². The first-order valence-corrected chi connectivity index (χ1v) is 8.25. The molecule has 0 aromatic carbocycles. The monoisotopic (exact) mass is 330 g/mol. The zero-order chi connectivity index (χ0) is 17.3. The summed E-state index contributed by atoms with van der Waals surface area (Å²) in [5.74, 6) is 1.22. The van der Waals surface area contributed by atoms with Crippen molar-refractivity contribution in [3.8, 4) is 0 Å². The van der Waals surface area contributed by atoms with E-state index in [4.69, 9.17) is 4.52 Å². The van der Waals surface area contributed by atoms with E-state index in [1.54, 1.807) is 13.8 Å². The maximum atomic E-state index is 12.8. The molecule has 0 radical (unpaired) electrons. The molecule has 0 bridgehead atoms. The van der Waals surface area contributed by atoms with Crippen molar-refractivity contribution in [3.05, 3.63) is 45.0 Å². The third-order valence-corrected chi connectivity index (χ3v) is 4.48. The SMILES string of the molecule is Cc1nc(C)c(CC(=O)N2CCCC[C@@H]2c2cc(C)on2)c(=O)[nH]1. The lowest BCUT2D eigenvalue weighted by Crippen LogP contribution is -2.40. The molecule has 0 unspecified atom stereocenters. The Kier molecular flexibility index (Phi) is 4.51. The number of aromatic nitrogens is 3. The lowest BCUT2D eigenvalue weighted by atomic mass is 9.98. The number of aryl methyl sites for hydroxylation is 3. The predicted octanol–water partition coefficient (Wildman–Crippen LogP) is 1.98. The van der Waals surface area contributed by atoms with E-state index in [0.29, 0.717) is 23.6 Å². The largest absolute Gasteiger partial charge is 0.361 e. The summed E-state index contributed by atoms with van der Waals surface area (Å²) in [5.41, 5.74) is 1.59. The highest BCUT2D eigenvalue weighted by molar-refractivity contribution is 5.79. The highest BCUT2D eigenvalue weighted by Gasteiger charge is 2.30. The van der Waals surface area contributed by atoms with Gasteiger partial charge in [0.25, 0.3) is 5.56 Å². The van der Waals surface area contributed by atoms with Crippen LogP contribution >= 0.6 is 0 Å². The number of hydrogen-bond donors (Lipinski definition) is 1. The van der Waals surface area contributed by atoms with Gasteiger partial charge in [0.15, 0.2) is 0 Å². The molecule has 1 fully saturated rings. The number of H-pyrrole nitrogens is 1. The summed E-state index contributed by atoms with van der Waals surface area (Å²) in [6, 6.07) is 1.79. The fourth-order valence-corrected chi connectivity index (χ4v) is 3.29. The van der Waals surface area contributed by atoms with E-state index in [9.17, 15) is 9.59 Å². The Morgan fingerprint density at radius 1 is 1.38 bits per heavy atom. The molecular weight excluding hydrogens is 308 g/mol. The van der Waals surface area contributed by atoms with Gasteiger partial charge in [-0.15, -0.1) is 0 Å². The molecule has 0 aliphatic carbocycles. The van der Waals surface area contributed by atoms with Gasteiger partial charge in [0.1, 0.15) is 17.3 Å². The van der Waals surface area contributed by atoms with Crippen LogP contribution in [0.4, 0.5) is 0 Å². The molecule has 1 amide bonds. The Morgan fingerprint density at radius 3 is 2.83 bits per heavy atom. The van der Waals surface area contributed by atoms with Crippen molar-refractivity contribution in [1.29, 1.82) is 0 Å². The van der Waals surface area contributed by atoms with E-state index in [0.717, 1.165) is 30.7 Å². The Hall–Kier alpha value is -2.44. The third kappa shape index (κ3) is 3.25. The summed E-state index contributed by atoms with van der Waals surface area (Å²) in [6.07, 6.45) is 2.92. The van der Waals surface area contributed by atoms with Crippen molar-refractivity contribution in [3.63, 3.8) is 0 Å². The molecule has 3 heterocycles. The van der Waals surface area contributed by atoms with Gasteiger partial charge in [-0.05, 0) is 40.0 Å².